The van der Waals surface area contributed by atoms with Crippen LogP contribution in [0.3, 0.4) is 0 Å². The number of hydrogen-bond acceptors (Lipinski definition) is 3. The molecule has 3 nitrogen and oxygen atoms in total. The van der Waals surface area contributed by atoms with Crippen LogP contribution in [-0.4, -0.2) is 22.2 Å². The molecule has 94 valence electrons. The summed E-state index contributed by atoms with van der Waals surface area (Å²) >= 11 is 0. The van der Waals surface area contributed by atoms with Crippen LogP contribution in [0.5, 0.6) is 0 Å². The van der Waals surface area contributed by atoms with Gasteiger partial charge >= 0.3 is 0 Å². The molecule has 1 fully saturated rings. The van der Waals surface area contributed by atoms with Gasteiger partial charge < -0.3 is 5.73 Å². The summed E-state index contributed by atoms with van der Waals surface area (Å²) in [5.74, 6) is -0.708. The first kappa shape index (κ1) is 12.3. The minimum Gasteiger partial charge on any atom is -0.330 e. The third-order valence-corrected chi connectivity index (χ3v) is 3.05. The van der Waals surface area contributed by atoms with Gasteiger partial charge in [0.25, 0.3) is 6.43 Å². The molecule has 0 radical (unpaired) electrons. The van der Waals surface area contributed by atoms with Crippen molar-refractivity contribution in [1.82, 2.24) is 9.97 Å². The van der Waals surface area contributed by atoms with Gasteiger partial charge in [-0.05, 0) is 31.4 Å². The van der Waals surface area contributed by atoms with Gasteiger partial charge in [-0.1, -0.05) is 0 Å². The van der Waals surface area contributed by atoms with Crippen molar-refractivity contribution in [3.63, 3.8) is 0 Å². The number of alkyl halides is 3. The smallest absolute Gasteiger partial charge is 0.297 e. The van der Waals surface area contributed by atoms with E-state index in [4.69, 9.17) is 5.73 Å². The maximum Gasteiger partial charge on any atom is 0.297 e. The fraction of sp³-hybridized carbons (Fsp3) is 0.636. The van der Waals surface area contributed by atoms with Crippen molar-refractivity contribution in [2.75, 3.05) is 6.54 Å². The van der Waals surface area contributed by atoms with E-state index >= 15 is 0 Å². The number of rotatable bonds is 5. The Balaban J connectivity index is 2.08. The molecule has 1 aliphatic carbocycles. The van der Waals surface area contributed by atoms with Gasteiger partial charge in [-0.3, -0.25) is 0 Å². The Morgan fingerprint density at radius 3 is 2.29 bits per heavy atom. The highest BCUT2D eigenvalue weighted by atomic mass is 19.3. The van der Waals surface area contributed by atoms with Gasteiger partial charge in [0.1, 0.15) is 5.67 Å². The number of nitrogens with zero attached hydrogens (tertiary/aromatic N) is 2. The van der Waals surface area contributed by atoms with Crippen molar-refractivity contribution in [1.29, 1.82) is 0 Å². The van der Waals surface area contributed by atoms with Crippen molar-refractivity contribution in [2.45, 2.75) is 37.3 Å². The van der Waals surface area contributed by atoms with Crippen LogP contribution in [-0.2, 0) is 0 Å². The molecule has 1 aromatic rings. The van der Waals surface area contributed by atoms with Gasteiger partial charge in [-0.2, -0.15) is 0 Å². The highest BCUT2D eigenvalue weighted by molar-refractivity contribution is 5.15. The number of nitrogens with two attached hydrogens (primary N) is 1. The van der Waals surface area contributed by atoms with Crippen molar-refractivity contribution in [3.05, 3.63) is 23.8 Å². The van der Waals surface area contributed by atoms with E-state index in [0.717, 1.165) is 0 Å². The zero-order valence-electron chi connectivity index (χ0n) is 9.24. The molecule has 0 bridgehead atoms. The highest BCUT2D eigenvalue weighted by Crippen LogP contribution is 2.46. The Kier molecular flexibility index (Phi) is 3.33. The first-order valence-electron chi connectivity index (χ1n) is 5.53. The highest BCUT2D eigenvalue weighted by Gasteiger charge is 2.44. The van der Waals surface area contributed by atoms with Crippen molar-refractivity contribution < 1.29 is 13.2 Å². The average Bonchev–Trinajstić information content (AvgIpc) is 3.05. The fourth-order valence-corrected chi connectivity index (χ4v) is 1.79. The summed E-state index contributed by atoms with van der Waals surface area (Å²) in [5.41, 5.74) is 5.07. The van der Waals surface area contributed by atoms with Gasteiger partial charge in [-0.15, -0.1) is 0 Å². The molecule has 0 aromatic carbocycles. The van der Waals surface area contributed by atoms with E-state index in [0.29, 0.717) is 24.8 Å². The predicted octanol–water partition coefficient (Wildman–Crippen LogP) is 2.35. The molecule has 1 atom stereocenters. The Morgan fingerprint density at radius 2 is 1.88 bits per heavy atom. The topological polar surface area (TPSA) is 51.8 Å². The van der Waals surface area contributed by atoms with Gasteiger partial charge in [-0.25, -0.2) is 23.1 Å². The van der Waals surface area contributed by atoms with Gasteiger partial charge in [0.05, 0.1) is 0 Å². The normalized spacial score (nSPS) is 19.4. The molecule has 1 aromatic heterocycles. The summed E-state index contributed by atoms with van der Waals surface area (Å²) in [6, 6.07) is 0. The molecule has 0 unspecified atom stereocenters. The van der Waals surface area contributed by atoms with Crippen LogP contribution in [0.15, 0.2) is 12.4 Å². The second-order valence-corrected chi connectivity index (χ2v) is 4.46. The van der Waals surface area contributed by atoms with E-state index in [9.17, 15) is 13.2 Å². The number of aromatic nitrogens is 2. The number of hydrogen-bond donors (Lipinski definition) is 1. The largest absolute Gasteiger partial charge is 0.330 e. The third kappa shape index (κ3) is 2.94. The summed E-state index contributed by atoms with van der Waals surface area (Å²) in [7, 11) is 0. The van der Waals surface area contributed by atoms with Crippen molar-refractivity contribution >= 4 is 0 Å². The quantitative estimate of drug-likeness (QED) is 0.866. The molecule has 1 saturated carbocycles. The van der Waals surface area contributed by atoms with Crippen LogP contribution in [0.2, 0.25) is 0 Å². The van der Waals surface area contributed by atoms with Crippen LogP contribution in [0.25, 0.3) is 0 Å². The van der Waals surface area contributed by atoms with E-state index < -0.39 is 17.9 Å². The van der Waals surface area contributed by atoms with E-state index in [2.05, 4.69) is 9.97 Å². The van der Waals surface area contributed by atoms with Gasteiger partial charge in [0.2, 0.25) is 0 Å². The molecule has 17 heavy (non-hydrogen) atoms. The van der Waals surface area contributed by atoms with Crippen LogP contribution < -0.4 is 5.73 Å². The minimum atomic E-state index is -2.68. The lowest BCUT2D eigenvalue weighted by Crippen LogP contribution is -2.18. The lowest BCUT2D eigenvalue weighted by Gasteiger charge is -2.16. The second kappa shape index (κ2) is 4.60. The maximum atomic E-state index is 13.6. The van der Waals surface area contributed by atoms with Crippen molar-refractivity contribution in [3.8, 4) is 0 Å². The summed E-state index contributed by atoms with van der Waals surface area (Å²) in [6.45, 7) is 0.267. The summed E-state index contributed by atoms with van der Waals surface area (Å²) in [5, 5.41) is 0. The number of halogens is 3. The first-order valence-corrected chi connectivity index (χ1v) is 5.53. The van der Waals surface area contributed by atoms with Gasteiger partial charge in [0.15, 0.2) is 5.82 Å². The molecule has 0 aliphatic heterocycles. The van der Waals surface area contributed by atoms with Crippen LogP contribution in [0.4, 0.5) is 13.2 Å². The lowest BCUT2D eigenvalue weighted by molar-refractivity contribution is 0.140. The zero-order chi connectivity index (χ0) is 12.5. The lowest BCUT2D eigenvalue weighted by atomic mass is 9.95. The first-order chi connectivity index (χ1) is 8.04. The van der Waals surface area contributed by atoms with Gasteiger partial charge in [0, 0.05) is 18.3 Å². The Labute approximate surface area is 97.3 Å². The Morgan fingerprint density at radius 1 is 1.29 bits per heavy atom. The Hall–Kier alpha value is -1.17. The summed E-state index contributed by atoms with van der Waals surface area (Å²) < 4.78 is 38.1. The molecule has 2 N–H and O–H groups in total. The van der Waals surface area contributed by atoms with E-state index in [1.54, 1.807) is 0 Å². The molecule has 0 spiro atoms. The Bertz CT molecular complexity index is 376. The molecule has 1 heterocycles. The molecular formula is C11H14F3N3. The standard InChI is InChI=1S/C11H14F3N3/c12-9(13)10-16-5-8(6-17-10)7(4-15)3-11(14)1-2-11/h5-7,9H,1-4,15H2/t7-/m1/s1. The molecule has 2 rings (SSSR count). The molecule has 0 saturated heterocycles. The van der Waals surface area contributed by atoms with Crippen LogP contribution in [0, 0.1) is 0 Å². The average molecular weight is 245 g/mol. The minimum absolute atomic E-state index is 0.200. The van der Waals surface area contributed by atoms with E-state index in [-0.39, 0.29) is 12.5 Å². The van der Waals surface area contributed by atoms with E-state index in [1.165, 1.54) is 12.4 Å². The monoisotopic (exact) mass is 245 g/mol. The van der Waals surface area contributed by atoms with Crippen LogP contribution >= 0.6 is 0 Å². The van der Waals surface area contributed by atoms with E-state index in [1.807, 2.05) is 0 Å². The predicted molar refractivity (Wildman–Crippen MR) is 56.5 cm³/mol. The SMILES string of the molecule is NC[C@@H](CC1(F)CC1)c1cnc(C(F)F)nc1. The zero-order valence-corrected chi connectivity index (χ0v) is 9.24. The third-order valence-electron chi connectivity index (χ3n) is 3.05. The molecule has 1 aliphatic rings. The fourth-order valence-electron chi connectivity index (χ4n) is 1.79. The summed E-state index contributed by atoms with van der Waals surface area (Å²) in [6.07, 6.45) is 1.38. The summed E-state index contributed by atoms with van der Waals surface area (Å²) in [4.78, 5) is 7.12. The van der Waals surface area contributed by atoms with Crippen LogP contribution in [0.1, 0.15) is 43.0 Å². The molecular weight excluding hydrogens is 231 g/mol. The molecule has 6 heteroatoms. The van der Waals surface area contributed by atoms with Crippen molar-refractivity contribution in [2.24, 2.45) is 5.73 Å². The maximum absolute atomic E-state index is 13.6. The second-order valence-electron chi connectivity index (χ2n) is 4.46. The molecule has 0 amide bonds.